The molecule has 2 N–H and O–H groups in total. The zero-order chi connectivity index (χ0) is 21.9. The first kappa shape index (κ1) is 19.8. The van der Waals surface area contributed by atoms with Gasteiger partial charge in [-0.2, -0.15) is 0 Å². The van der Waals surface area contributed by atoms with Crippen molar-refractivity contribution in [3.63, 3.8) is 0 Å². The lowest BCUT2D eigenvalue weighted by molar-refractivity contribution is -0.125. The van der Waals surface area contributed by atoms with Crippen LogP contribution in [-0.2, 0) is 4.79 Å². The van der Waals surface area contributed by atoms with Crippen LogP contribution < -0.4 is 19.5 Å². The average Bonchev–Trinajstić information content (AvgIpc) is 3.55. The quantitative estimate of drug-likeness (QED) is 0.472. The minimum Gasteiger partial charge on any atom is -0.477 e. The third-order valence-corrected chi connectivity index (χ3v) is 5.32. The summed E-state index contributed by atoms with van der Waals surface area (Å²) in [6.45, 7) is 5.25. The summed E-state index contributed by atoms with van der Waals surface area (Å²) in [6, 6.07) is 7.52. The number of aromatic nitrogens is 3. The molecule has 162 valence electrons. The first-order valence-electron chi connectivity index (χ1n) is 10.2. The van der Waals surface area contributed by atoms with E-state index in [0.29, 0.717) is 47.5 Å². The van der Waals surface area contributed by atoms with Crippen molar-refractivity contribution in [3.05, 3.63) is 48.9 Å². The Kier molecular flexibility index (Phi) is 5.25. The Hall–Kier alpha value is -4.19. The van der Waals surface area contributed by atoms with Gasteiger partial charge in [-0.1, -0.05) is 18.6 Å². The number of aromatic amines is 1. The highest BCUT2D eigenvalue weighted by Crippen LogP contribution is 2.40. The third kappa shape index (κ3) is 3.90. The monoisotopic (exact) mass is 431 g/mol. The molecular weight excluding hydrogens is 410 g/mol. The molecule has 1 fully saturated rings. The fraction of sp³-hybridized carbons (Fsp3) is 0.261. The lowest BCUT2D eigenvalue weighted by atomic mass is 10.2. The van der Waals surface area contributed by atoms with Gasteiger partial charge in [-0.05, 0) is 36.6 Å². The van der Waals surface area contributed by atoms with Gasteiger partial charge in [0, 0.05) is 19.1 Å². The van der Waals surface area contributed by atoms with E-state index >= 15 is 0 Å². The minimum atomic E-state index is -0.0527. The van der Waals surface area contributed by atoms with Gasteiger partial charge in [0.1, 0.15) is 24.4 Å². The first-order chi connectivity index (χ1) is 15.7. The smallest absolute Gasteiger partial charge is 0.246 e. The second-order valence-electron chi connectivity index (χ2n) is 7.37. The maximum atomic E-state index is 11.8. The van der Waals surface area contributed by atoms with Gasteiger partial charge in [0.05, 0.1) is 11.1 Å². The molecule has 0 aliphatic carbocycles. The molecule has 0 bridgehead atoms. The number of fused-ring (bicyclic) bond motifs is 2. The number of nitrogens with zero attached hydrogens (tertiary/aromatic N) is 3. The summed E-state index contributed by atoms with van der Waals surface area (Å²) in [7, 11) is 0. The minimum absolute atomic E-state index is 0.0527. The summed E-state index contributed by atoms with van der Waals surface area (Å²) in [6.07, 6.45) is 3.69. The summed E-state index contributed by atoms with van der Waals surface area (Å²) >= 11 is 0. The molecular formula is C23H21N5O4. The molecule has 2 aliphatic heterocycles. The van der Waals surface area contributed by atoms with Crippen LogP contribution in [0.25, 0.3) is 11.0 Å². The Balaban J connectivity index is 1.26. The van der Waals surface area contributed by atoms with Crippen molar-refractivity contribution >= 4 is 22.8 Å². The van der Waals surface area contributed by atoms with E-state index < -0.39 is 0 Å². The van der Waals surface area contributed by atoms with Crippen LogP contribution in [0.4, 0.5) is 5.82 Å². The van der Waals surface area contributed by atoms with Crippen molar-refractivity contribution in [3.8, 4) is 29.1 Å². The van der Waals surface area contributed by atoms with E-state index in [0.717, 1.165) is 11.8 Å². The third-order valence-electron chi connectivity index (χ3n) is 5.32. The van der Waals surface area contributed by atoms with Crippen molar-refractivity contribution in [1.82, 2.24) is 19.9 Å². The van der Waals surface area contributed by atoms with Gasteiger partial charge >= 0.3 is 0 Å². The predicted octanol–water partition coefficient (Wildman–Crippen LogP) is 2.32. The highest BCUT2D eigenvalue weighted by atomic mass is 16.7. The number of para-hydroxylation sites is 1. The Morgan fingerprint density at radius 2 is 2.34 bits per heavy atom. The lowest BCUT2D eigenvalue weighted by Gasteiger charge is -2.15. The standard InChI is InChI=1S/C23H21N5O4/c1-2-20(29)28-9-8-16(12-28)27-23-17-11-15(26-22(17)24-13-25-23)5-4-10-30-18-6-3-7-19-21(18)32-14-31-19/h2-3,6-7,11,13,16H,1,8-10,12,14H2,(H2,24,25,26,27)/t16-/m1/s1. The van der Waals surface area contributed by atoms with Crippen LogP contribution in [0, 0.1) is 11.8 Å². The van der Waals surface area contributed by atoms with Crippen LogP contribution in [0.5, 0.6) is 17.2 Å². The van der Waals surface area contributed by atoms with Crippen molar-refractivity contribution < 1.29 is 19.0 Å². The maximum absolute atomic E-state index is 11.8. The molecule has 0 spiro atoms. The van der Waals surface area contributed by atoms with Crippen LogP contribution in [-0.4, -0.2) is 58.3 Å². The fourth-order valence-electron chi connectivity index (χ4n) is 3.79. The van der Waals surface area contributed by atoms with Crippen LogP contribution >= 0.6 is 0 Å². The molecule has 1 amide bonds. The van der Waals surface area contributed by atoms with E-state index in [1.807, 2.05) is 24.3 Å². The zero-order valence-corrected chi connectivity index (χ0v) is 17.3. The van der Waals surface area contributed by atoms with E-state index in [4.69, 9.17) is 14.2 Å². The molecule has 3 aromatic rings. The molecule has 9 nitrogen and oxygen atoms in total. The highest BCUT2D eigenvalue weighted by Gasteiger charge is 2.25. The van der Waals surface area contributed by atoms with Crippen molar-refractivity contribution in [2.45, 2.75) is 12.5 Å². The Morgan fingerprint density at radius 1 is 1.41 bits per heavy atom. The van der Waals surface area contributed by atoms with Crippen LogP contribution in [0.1, 0.15) is 12.1 Å². The number of carbonyl (C=O) groups excluding carboxylic acids is 1. The number of hydrogen-bond acceptors (Lipinski definition) is 7. The summed E-state index contributed by atoms with van der Waals surface area (Å²) in [5.74, 6) is 8.59. The normalized spacial score (nSPS) is 16.5. The molecule has 1 saturated heterocycles. The van der Waals surface area contributed by atoms with E-state index in [9.17, 15) is 4.79 Å². The van der Waals surface area contributed by atoms with E-state index in [2.05, 4.69) is 38.7 Å². The van der Waals surface area contributed by atoms with Crippen molar-refractivity contribution in [1.29, 1.82) is 0 Å². The summed E-state index contributed by atoms with van der Waals surface area (Å²) in [5, 5.41) is 4.27. The summed E-state index contributed by atoms with van der Waals surface area (Å²) < 4.78 is 16.5. The largest absolute Gasteiger partial charge is 0.477 e. The molecule has 4 heterocycles. The molecule has 2 aromatic heterocycles. The number of anilines is 1. The number of benzene rings is 1. The zero-order valence-electron chi connectivity index (χ0n) is 17.3. The molecule has 0 saturated carbocycles. The predicted molar refractivity (Wildman–Crippen MR) is 118 cm³/mol. The molecule has 1 atom stereocenters. The fourth-order valence-corrected chi connectivity index (χ4v) is 3.79. The molecule has 9 heteroatoms. The van der Waals surface area contributed by atoms with Gasteiger partial charge in [-0.25, -0.2) is 9.97 Å². The van der Waals surface area contributed by atoms with Crippen LogP contribution in [0.2, 0.25) is 0 Å². The van der Waals surface area contributed by atoms with E-state index in [1.165, 1.54) is 12.4 Å². The number of carbonyl (C=O) groups is 1. The average molecular weight is 431 g/mol. The van der Waals surface area contributed by atoms with Crippen molar-refractivity contribution in [2.24, 2.45) is 0 Å². The molecule has 0 radical (unpaired) electrons. The number of amides is 1. The van der Waals surface area contributed by atoms with E-state index in [-0.39, 0.29) is 25.3 Å². The van der Waals surface area contributed by atoms with Crippen LogP contribution in [0.3, 0.4) is 0 Å². The van der Waals surface area contributed by atoms with Gasteiger partial charge < -0.3 is 29.4 Å². The second kappa shape index (κ2) is 8.51. The number of hydrogen-bond donors (Lipinski definition) is 2. The van der Waals surface area contributed by atoms with Gasteiger partial charge in [0.25, 0.3) is 0 Å². The molecule has 1 aromatic carbocycles. The topological polar surface area (TPSA) is 102 Å². The van der Waals surface area contributed by atoms with E-state index in [1.54, 1.807) is 4.90 Å². The highest BCUT2D eigenvalue weighted by molar-refractivity contribution is 5.89. The second-order valence-corrected chi connectivity index (χ2v) is 7.37. The number of rotatable bonds is 5. The lowest BCUT2D eigenvalue weighted by Crippen LogP contribution is -2.30. The van der Waals surface area contributed by atoms with Crippen molar-refractivity contribution in [2.75, 3.05) is 31.8 Å². The maximum Gasteiger partial charge on any atom is 0.246 e. The van der Waals surface area contributed by atoms with Gasteiger partial charge in [0.2, 0.25) is 18.4 Å². The van der Waals surface area contributed by atoms with Crippen LogP contribution in [0.15, 0.2) is 43.2 Å². The Labute approximate surface area is 184 Å². The molecule has 32 heavy (non-hydrogen) atoms. The molecule has 2 aliphatic rings. The number of likely N-dealkylation sites (tertiary alicyclic amines) is 1. The van der Waals surface area contributed by atoms with Gasteiger partial charge in [-0.15, -0.1) is 0 Å². The van der Waals surface area contributed by atoms with Gasteiger partial charge in [0.15, 0.2) is 11.5 Å². The molecule has 0 unspecified atom stereocenters. The Bertz CT molecular complexity index is 1240. The van der Waals surface area contributed by atoms with Gasteiger partial charge in [-0.3, -0.25) is 4.79 Å². The Morgan fingerprint density at radius 3 is 3.25 bits per heavy atom. The number of nitrogens with one attached hydrogen (secondary N) is 2. The SMILES string of the molecule is C=CC(=O)N1CC[C@@H](Nc2ncnc3[nH]c(C#CCOc4cccc5c4OCO5)cc23)C1. The molecule has 5 rings (SSSR count). The first-order valence-corrected chi connectivity index (χ1v) is 10.2. The number of H-pyrrole nitrogens is 1. The summed E-state index contributed by atoms with van der Waals surface area (Å²) in [4.78, 5) is 25.5. The summed E-state index contributed by atoms with van der Waals surface area (Å²) in [5.41, 5.74) is 1.40. The number of ether oxygens (including phenoxy) is 3.